The number of amides is 1. The Kier molecular flexibility index (Phi) is 4.21. The van der Waals surface area contributed by atoms with Crippen molar-refractivity contribution in [3.63, 3.8) is 0 Å². The largest absolute Gasteiger partial charge is 0.340 e. The van der Waals surface area contributed by atoms with Gasteiger partial charge >= 0.3 is 0 Å². The summed E-state index contributed by atoms with van der Waals surface area (Å²) in [5.41, 5.74) is 1.12. The van der Waals surface area contributed by atoms with Crippen molar-refractivity contribution in [3.8, 4) is 0 Å². The minimum atomic E-state index is -0.158. The predicted octanol–water partition coefficient (Wildman–Crippen LogP) is 0.869. The highest BCUT2D eigenvalue weighted by Gasteiger charge is 2.31. The zero-order chi connectivity index (χ0) is 16.6. The molecule has 0 saturated carbocycles. The molecule has 1 aliphatic rings. The lowest BCUT2D eigenvalue weighted by atomic mass is 10.0. The van der Waals surface area contributed by atoms with Gasteiger partial charge in [0, 0.05) is 43.0 Å². The molecule has 1 saturated heterocycles. The van der Waals surface area contributed by atoms with Crippen LogP contribution in [0.15, 0.2) is 23.5 Å². The van der Waals surface area contributed by atoms with E-state index in [-0.39, 0.29) is 18.0 Å². The second-order valence-corrected chi connectivity index (χ2v) is 6.37. The average molecular weight is 336 g/mol. The van der Waals surface area contributed by atoms with Crippen molar-refractivity contribution in [2.24, 2.45) is 5.92 Å². The Bertz CT molecular complexity index is 791. The first-order valence-electron chi connectivity index (χ1n) is 7.42. The van der Waals surface area contributed by atoms with Crippen LogP contribution >= 0.6 is 11.6 Å². The Balaban J connectivity index is 1.55. The molecule has 23 heavy (non-hydrogen) atoms. The van der Waals surface area contributed by atoms with Crippen LogP contribution in [0.3, 0.4) is 0 Å². The van der Waals surface area contributed by atoms with E-state index in [4.69, 9.17) is 11.6 Å². The fourth-order valence-electron chi connectivity index (χ4n) is 2.63. The van der Waals surface area contributed by atoms with Crippen LogP contribution in [0.5, 0.6) is 0 Å². The molecule has 122 valence electrons. The first-order chi connectivity index (χ1) is 10.9. The third kappa shape index (κ3) is 3.29. The SMILES string of the molecule is Cc1ncn(CC(=O)N2CC(Cn3cc(Cl)cn3)C2)c(=O)c1C. The fraction of sp³-hybridized carbons (Fsp3) is 0.467. The van der Waals surface area contributed by atoms with E-state index >= 15 is 0 Å². The highest BCUT2D eigenvalue weighted by Crippen LogP contribution is 2.18. The molecule has 0 spiro atoms. The second kappa shape index (κ2) is 6.16. The van der Waals surface area contributed by atoms with Crippen molar-refractivity contribution < 1.29 is 4.79 Å². The molecule has 3 rings (SSSR count). The minimum absolute atomic E-state index is 0.0350. The number of hydrogen-bond donors (Lipinski definition) is 0. The van der Waals surface area contributed by atoms with Gasteiger partial charge in [0.15, 0.2) is 0 Å². The van der Waals surface area contributed by atoms with Crippen molar-refractivity contribution in [1.29, 1.82) is 0 Å². The van der Waals surface area contributed by atoms with Crippen LogP contribution in [0, 0.1) is 19.8 Å². The summed E-state index contributed by atoms with van der Waals surface area (Å²) in [6.45, 7) is 5.62. The maximum Gasteiger partial charge on any atom is 0.256 e. The van der Waals surface area contributed by atoms with Crippen LogP contribution in [-0.4, -0.2) is 43.2 Å². The van der Waals surface area contributed by atoms with Gasteiger partial charge in [0.05, 0.1) is 17.5 Å². The number of carbonyl (C=O) groups is 1. The summed E-state index contributed by atoms with van der Waals surface area (Å²) >= 11 is 5.83. The number of aryl methyl sites for hydroxylation is 1. The zero-order valence-corrected chi connectivity index (χ0v) is 13.8. The van der Waals surface area contributed by atoms with Crippen LogP contribution < -0.4 is 5.56 Å². The predicted molar refractivity (Wildman–Crippen MR) is 85.3 cm³/mol. The molecular weight excluding hydrogens is 318 g/mol. The van der Waals surface area contributed by atoms with Crippen molar-refractivity contribution in [2.45, 2.75) is 26.9 Å². The first kappa shape index (κ1) is 15.7. The standard InChI is InChI=1S/C15H18ClN5O2/c1-10-11(2)17-9-20(15(10)23)8-14(22)19-4-12(5-19)6-21-7-13(16)3-18-21/h3,7,9,12H,4-6,8H2,1-2H3. The quantitative estimate of drug-likeness (QED) is 0.831. The van der Waals surface area contributed by atoms with E-state index in [0.29, 0.717) is 35.3 Å². The number of hydrogen-bond acceptors (Lipinski definition) is 4. The van der Waals surface area contributed by atoms with Gasteiger partial charge in [-0.15, -0.1) is 0 Å². The maximum absolute atomic E-state index is 12.2. The Morgan fingerprint density at radius 1 is 1.39 bits per heavy atom. The molecule has 0 aliphatic carbocycles. The van der Waals surface area contributed by atoms with Gasteiger partial charge < -0.3 is 4.90 Å². The van der Waals surface area contributed by atoms with Crippen molar-refractivity contribution in [3.05, 3.63) is 45.4 Å². The molecule has 1 fully saturated rings. The third-order valence-electron chi connectivity index (χ3n) is 4.18. The van der Waals surface area contributed by atoms with Crippen LogP contribution in [0.2, 0.25) is 5.02 Å². The Morgan fingerprint density at radius 2 is 2.13 bits per heavy atom. The molecule has 0 N–H and O–H groups in total. The van der Waals surface area contributed by atoms with Gasteiger partial charge in [0.1, 0.15) is 6.54 Å². The van der Waals surface area contributed by atoms with Gasteiger partial charge in [0.2, 0.25) is 5.91 Å². The second-order valence-electron chi connectivity index (χ2n) is 5.93. The summed E-state index contributed by atoms with van der Waals surface area (Å²) in [5.74, 6) is 0.302. The van der Waals surface area contributed by atoms with E-state index in [1.807, 2.05) is 0 Å². The van der Waals surface area contributed by atoms with E-state index in [2.05, 4.69) is 10.1 Å². The summed E-state index contributed by atoms with van der Waals surface area (Å²) in [5, 5.41) is 4.74. The molecule has 3 heterocycles. The summed E-state index contributed by atoms with van der Waals surface area (Å²) in [6.07, 6.45) is 4.81. The molecule has 2 aromatic rings. The van der Waals surface area contributed by atoms with E-state index in [9.17, 15) is 9.59 Å². The Morgan fingerprint density at radius 3 is 2.78 bits per heavy atom. The first-order valence-corrected chi connectivity index (χ1v) is 7.80. The zero-order valence-electron chi connectivity index (χ0n) is 13.1. The van der Waals surface area contributed by atoms with Gasteiger partial charge in [-0.05, 0) is 13.8 Å². The van der Waals surface area contributed by atoms with Crippen molar-refractivity contribution in [2.75, 3.05) is 13.1 Å². The topological polar surface area (TPSA) is 73.0 Å². The lowest BCUT2D eigenvalue weighted by molar-refractivity contribution is -0.138. The van der Waals surface area contributed by atoms with Crippen LogP contribution in [-0.2, 0) is 17.9 Å². The molecule has 0 bridgehead atoms. The van der Waals surface area contributed by atoms with Crippen molar-refractivity contribution in [1.82, 2.24) is 24.2 Å². The van der Waals surface area contributed by atoms with Crippen molar-refractivity contribution >= 4 is 17.5 Å². The molecular formula is C15H18ClN5O2. The molecule has 0 atom stereocenters. The normalized spacial score (nSPS) is 14.8. The molecule has 1 amide bonds. The minimum Gasteiger partial charge on any atom is -0.340 e. The third-order valence-corrected chi connectivity index (χ3v) is 4.37. The van der Waals surface area contributed by atoms with E-state index in [0.717, 1.165) is 6.54 Å². The van der Waals surface area contributed by atoms with Crippen LogP contribution in [0.4, 0.5) is 0 Å². The molecule has 7 nitrogen and oxygen atoms in total. The van der Waals surface area contributed by atoms with Gasteiger partial charge in [0.25, 0.3) is 5.56 Å². The molecule has 0 radical (unpaired) electrons. The number of carbonyl (C=O) groups excluding carboxylic acids is 1. The van der Waals surface area contributed by atoms with Gasteiger partial charge in [-0.3, -0.25) is 18.8 Å². The lowest BCUT2D eigenvalue weighted by Crippen LogP contribution is -2.52. The summed E-state index contributed by atoms with van der Waals surface area (Å²) < 4.78 is 3.15. The van der Waals surface area contributed by atoms with Crippen LogP contribution in [0.1, 0.15) is 11.3 Å². The Labute approximate surface area is 138 Å². The maximum atomic E-state index is 12.2. The number of nitrogens with zero attached hydrogens (tertiary/aromatic N) is 5. The van der Waals surface area contributed by atoms with Gasteiger partial charge in [-0.2, -0.15) is 5.10 Å². The van der Waals surface area contributed by atoms with Gasteiger partial charge in [-0.25, -0.2) is 4.98 Å². The van der Waals surface area contributed by atoms with Crippen LogP contribution in [0.25, 0.3) is 0 Å². The highest BCUT2D eigenvalue weighted by molar-refractivity contribution is 6.30. The number of halogens is 1. The molecule has 1 aliphatic heterocycles. The number of likely N-dealkylation sites (tertiary alicyclic amines) is 1. The lowest BCUT2D eigenvalue weighted by Gasteiger charge is -2.39. The number of aromatic nitrogens is 4. The van der Waals surface area contributed by atoms with E-state index < -0.39 is 0 Å². The summed E-state index contributed by atoms with van der Waals surface area (Å²) in [6, 6.07) is 0. The smallest absolute Gasteiger partial charge is 0.256 e. The molecule has 0 unspecified atom stereocenters. The average Bonchev–Trinajstić information content (AvgIpc) is 2.88. The molecule has 0 aromatic carbocycles. The van der Waals surface area contributed by atoms with E-state index in [1.165, 1.54) is 10.9 Å². The van der Waals surface area contributed by atoms with E-state index in [1.54, 1.807) is 35.8 Å². The van der Waals surface area contributed by atoms with Gasteiger partial charge in [-0.1, -0.05) is 11.6 Å². The summed E-state index contributed by atoms with van der Waals surface area (Å²) in [4.78, 5) is 30.2. The molecule has 8 heteroatoms. The monoisotopic (exact) mass is 335 g/mol. The fourth-order valence-corrected chi connectivity index (χ4v) is 2.78. The Hall–Kier alpha value is -2.15. The number of rotatable bonds is 4. The summed E-state index contributed by atoms with van der Waals surface area (Å²) in [7, 11) is 0. The molecule has 2 aromatic heterocycles. The highest BCUT2D eigenvalue weighted by atomic mass is 35.5.